The van der Waals surface area contributed by atoms with Crippen molar-refractivity contribution >= 4 is 38.9 Å². The minimum atomic E-state index is -0.485. The molecule has 0 unspecified atom stereocenters. The summed E-state index contributed by atoms with van der Waals surface area (Å²) in [5.74, 6) is -0.367. The maximum absolute atomic E-state index is 12.1. The largest absolute Gasteiger partial charge is 0.399 e. The first kappa shape index (κ1) is 15.0. The van der Waals surface area contributed by atoms with Crippen LogP contribution in [0.1, 0.15) is 15.9 Å². The van der Waals surface area contributed by atoms with Crippen LogP contribution in [-0.2, 0) is 0 Å². The molecule has 0 fully saturated rings. The number of aryl methyl sites for hydroxylation is 1. The summed E-state index contributed by atoms with van der Waals surface area (Å²) in [7, 11) is 0. The molecule has 0 aromatic heterocycles. The monoisotopic (exact) mass is 349 g/mol. The lowest BCUT2D eigenvalue weighted by Crippen LogP contribution is -2.12. The molecule has 0 bridgehead atoms. The third-order valence-corrected chi connectivity index (χ3v) is 3.56. The van der Waals surface area contributed by atoms with E-state index in [0.29, 0.717) is 27.0 Å². The molecule has 0 radical (unpaired) electrons. The van der Waals surface area contributed by atoms with Crippen molar-refractivity contribution in [2.75, 3.05) is 11.1 Å². The van der Waals surface area contributed by atoms with Crippen molar-refractivity contribution in [2.24, 2.45) is 0 Å². The Morgan fingerprint density at radius 2 is 1.90 bits per heavy atom. The first-order valence-electron chi connectivity index (χ1n) is 6.00. The highest BCUT2D eigenvalue weighted by Gasteiger charge is 2.16. The Hall–Kier alpha value is -2.41. The second-order valence-corrected chi connectivity index (χ2v) is 5.31. The molecule has 0 spiro atoms. The number of nitrogens with two attached hydrogens (primary N) is 1. The summed E-state index contributed by atoms with van der Waals surface area (Å²) in [6, 6.07) is 9.32. The van der Waals surface area contributed by atoms with Crippen molar-refractivity contribution in [2.45, 2.75) is 6.92 Å². The van der Waals surface area contributed by atoms with Gasteiger partial charge in [-0.25, -0.2) is 0 Å². The minimum Gasteiger partial charge on any atom is -0.399 e. The first-order chi connectivity index (χ1) is 9.88. The lowest BCUT2D eigenvalue weighted by molar-refractivity contribution is -0.385. The molecule has 2 rings (SSSR count). The zero-order valence-corrected chi connectivity index (χ0v) is 12.7. The smallest absolute Gasteiger partial charge is 0.274 e. The number of carbonyl (C=O) groups excluding carboxylic acids is 1. The second kappa shape index (κ2) is 5.92. The molecule has 0 heterocycles. The van der Waals surface area contributed by atoms with Crippen LogP contribution >= 0.6 is 15.9 Å². The highest BCUT2D eigenvalue weighted by Crippen LogP contribution is 2.30. The van der Waals surface area contributed by atoms with Gasteiger partial charge < -0.3 is 11.1 Å². The number of hydrogen-bond donors (Lipinski definition) is 2. The standard InChI is InChI=1S/C14H12BrN3O3/c1-8-6-11(15)12(7-13(8)18(20)21)17-14(19)9-2-4-10(16)5-3-9/h2-7H,16H2,1H3,(H,17,19). The predicted octanol–water partition coefficient (Wildman–Crippen LogP) is 3.50. The predicted molar refractivity (Wildman–Crippen MR) is 84.3 cm³/mol. The van der Waals surface area contributed by atoms with E-state index in [4.69, 9.17) is 5.73 Å². The van der Waals surface area contributed by atoms with Gasteiger partial charge in [-0.3, -0.25) is 14.9 Å². The summed E-state index contributed by atoms with van der Waals surface area (Å²) in [5, 5.41) is 13.6. The second-order valence-electron chi connectivity index (χ2n) is 4.45. The Morgan fingerprint density at radius 1 is 1.29 bits per heavy atom. The van der Waals surface area contributed by atoms with Gasteiger partial charge in [0, 0.05) is 27.4 Å². The fourth-order valence-corrected chi connectivity index (χ4v) is 2.34. The third-order valence-electron chi connectivity index (χ3n) is 2.90. The van der Waals surface area contributed by atoms with E-state index in [1.807, 2.05) is 0 Å². The van der Waals surface area contributed by atoms with Crippen LogP contribution in [0.5, 0.6) is 0 Å². The molecular weight excluding hydrogens is 338 g/mol. The van der Waals surface area contributed by atoms with Gasteiger partial charge in [-0.05, 0) is 53.2 Å². The quantitative estimate of drug-likeness (QED) is 0.503. The normalized spacial score (nSPS) is 10.2. The molecular formula is C14H12BrN3O3. The number of carbonyl (C=O) groups is 1. The van der Waals surface area contributed by atoms with Crippen molar-refractivity contribution in [1.82, 2.24) is 0 Å². The maximum Gasteiger partial charge on any atom is 0.274 e. The molecule has 0 saturated carbocycles. The lowest BCUT2D eigenvalue weighted by Gasteiger charge is -2.09. The Balaban J connectivity index is 2.30. The van der Waals surface area contributed by atoms with Crippen LogP contribution in [0.25, 0.3) is 0 Å². The SMILES string of the molecule is Cc1cc(Br)c(NC(=O)c2ccc(N)cc2)cc1[N+](=O)[O-]. The molecule has 2 aromatic carbocycles. The van der Waals surface area contributed by atoms with E-state index >= 15 is 0 Å². The number of nitrogen functional groups attached to an aromatic ring is 1. The van der Waals surface area contributed by atoms with Gasteiger partial charge in [0.05, 0.1) is 10.6 Å². The summed E-state index contributed by atoms with van der Waals surface area (Å²) in [5.41, 5.74) is 7.33. The van der Waals surface area contributed by atoms with Gasteiger partial charge in [-0.1, -0.05) is 0 Å². The topological polar surface area (TPSA) is 98.3 Å². The van der Waals surface area contributed by atoms with Gasteiger partial charge in [0.25, 0.3) is 11.6 Å². The molecule has 3 N–H and O–H groups in total. The molecule has 6 nitrogen and oxygen atoms in total. The van der Waals surface area contributed by atoms with Gasteiger partial charge in [-0.2, -0.15) is 0 Å². The Kier molecular flexibility index (Phi) is 4.23. The molecule has 21 heavy (non-hydrogen) atoms. The number of nitro groups is 1. The summed E-state index contributed by atoms with van der Waals surface area (Å²) < 4.78 is 0.578. The van der Waals surface area contributed by atoms with Crippen LogP contribution in [-0.4, -0.2) is 10.8 Å². The number of benzene rings is 2. The first-order valence-corrected chi connectivity index (χ1v) is 6.79. The number of nitrogens with zero attached hydrogens (tertiary/aromatic N) is 1. The molecule has 7 heteroatoms. The zero-order chi connectivity index (χ0) is 15.6. The van der Waals surface area contributed by atoms with E-state index in [0.717, 1.165) is 0 Å². The minimum absolute atomic E-state index is 0.0502. The van der Waals surface area contributed by atoms with Gasteiger partial charge in [0.2, 0.25) is 0 Å². The zero-order valence-electron chi connectivity index (χ0n) is 11.1. The van der Waals surface area contributed by atoms with Crippen LogP contribution in [0.15, 0.2) is 40.9 Å². The number of amides is 1. The van der Waals surface area contributed by atoms with Gasteiger partial charge in [0.15, 0.2) is 0 Å². The highest BCUT2D eigenvalue weighted by molar-refractivity contribution is 9.10. The van der Waals surface area contributed by atoms with Crippen LogP contribution in [0.2, 0.25) is 0 Å². The number of nitrogens with one attached hydrogen (secondary N) is 1. The van der Waals surface area contributed by atoms with Gasteiger partial charge in [-0.15, -0.1) is 0 Å². The highest BCUT2D eigenvalue weighted by atomic mass is 79.9. The summed E-state index contributed by atoms with van der Waals surface area (Å²) in [6.45, 7) is 1.63. The number of halogens is 1. The van der Waals surface area contributed by atoms with Crippen molar-refractivity contribution in [3.8, 4) is 0 Å². The van der Waals surface area contributed by atoms with Gasteiger partial charge >= 0.3 is 0 Å². The Labute approximate surface area is 129 Å². The van der Waals surface area contributed by atoms with Crippen LogP contribution in [0.3, 0.4) is 0 Å². The number of rotatable bonds is 3. The molecule has 0 aliphatic rings. The van der Waals surface area contributed by atoms with E-state index in [9.17, 15) is 14.9 Å². The molecule has 0 aliphatic carbocycles. The average molecular weight is 350 g/mol. The van der Waals surface area contributed by atoms with Gasteiger partial charge in [0.1, 0.15) is 0 Å². The van der Waals surface area contributed by atoms with E-state index in [-0.39, 0.29) is 11.6 Å². The summed E-state index contributed by atoms with van der Waals surface area (Å²) >= 11 is 3.29. The van der Waals surface area contributed by atoms with E-state index in [2.05, 4.69) is 21.2 Å². The van der Waals surface area contributed by atoms with Crippen molar-refractivity contribution < 1.29 is 9.72 Å². The average Bonchev–Trinajstić information content (AvgIpc) is 2.42. The molecule has 0 atom stereocenters. The van der Waals surface area contributed by atoms with E-state index in [1.54, 1.807) is 37.3 Å². The summed E-state index contributed by atoms with van der Waals surface area (Å²) in [4.78, 5) is 22.6. The number of hydrogen-bond acceptors (Lipinski definition) is 4. The van der Waals surface area contributed by atoms with Crippen LogP contribution < -0.4 is 11.1 Å². The molecule has 108 valence electrons. The number of nitro benzene ring substituents is 1. The van der Waals surface area contributed by atoms with Crippen molar-refractivity contribution in [1.29, 1.82) is 0 Å². The third kappa shape index (κ3) is 3.38. The fraction of sp³-hybridized carbons (Fsp3) is 0.0714. The lowest BCUT2D eigenvalue weighted by atomic mass is 10.1. The van der Waals surface area contributed by atoms with Crippen LogP contribution in [0, 0.1) is 17.0 Å². The van der Waals surface area contributed by atoms with E-state index in [1.165, 1.54) is 6.07 Å². The maximum atomic E-state index is 12.1. The number of anilines is 2. The summed E-state index contributed by atoms with van der Waals surface area (Å²) in [6.07, 6.45) is 0. The molecule has 1 amide bonds. The Bertz CT molecular complexity index is 714. The molecule has 2 aromatic rings. The van der Waals surface area contributed by atoms with Crippen molar-refractivity contribution in [3.05, 3.63) is 62.1 Å². The van der Waals surface area contributed by atoms with Crippen molar-refractivity contribution in [3.63, 3.8) is 0 Å². The Morgan fingerprint density at radius 3 is 2.48 bits per heavy atom. The molecule has 0 saturated heterocycles. The fourth-order valence-electron chi connectivity index (χ4n) is 1.78. The van der Waals surface area contributed by atoms with Crippen LogP contribution in [0.4, 0.5) is 17.1 Å². The van der Waals surface area contributed by atoms with E-state index < -0.39 is 4.92 Å². The molecule has 0 aliphatic heterocycles.